The number of amides is 1. The van der Waals surface area contributed by atoms with Crippen molar-refractivity contribution in [2.24, 2.45) is 0 Å². The Morgan fingerprint density at radius 2 is 1.71 bits per heavy atom. The second kappa shape index (κ2) is 7.17. The SMILES string of the molecule is O=C(O)C1Cc2ccccc2CCN1C(=O)OCc1ccccc1. The Morgan fingerprint density at radius 1 is 1.04 bits per heavy atom. The van der Waals surface area contributed by atoms with Crippen molar-refractivity contribution >= 4 is 12.1 Å². The Morgan fingerprint density at radius 3 is 2.42 bits per heavy atom. The second-order valence-corrected chi connectivity index (χ2v) is 5.81. The van der Waals surface area contributed by atoms with Crippen LogP contribution >= 0.6 is 0 Å². The number of rotatable bonds is 3. The molecule has 2 aromatic carbocycles. The molecule has 1 heterocycles. The van der Waals surface area contributed by atoms with E-state index in [4.69, 9.17) is 4.74 Å². The standard InChI is InChI=1S/C19H19NO4/c21-18(22)17-12-16-9-5-4-8-15(16)10-11-20(17)19(23)24-13-14-6-2-1-3-7-14/h1-9,17H,10-13H2,(H,21,22). The summed E-state index contributed by atoms with van der Waals surface area (Å²) in [7, 11) is 0. The minimum absolute atomic E-state index is 0.134. The molecule has 1 atom stereocenters. The van der Waals surface area contributed by atoms with Gasteiger partial charge < -0.3 is 9.84 Å². The van der Waals surface area contributed by atoms with Gasteiger partial charge in [0, 0.05) is 13.0 Å². The lowest BCUT2D eigenvalue weighted by molar-refractivity contribution is -0.142. The summed E-state index contributed by atoms with van der Waals surface area (Å²) in [5, 5.41) is 9.54. The van der Waals surface area contributed by atoms with Crippen molar-refractivity contribution in [2.75, 3.05) is 6.54 Å². The average Bonchev–Trinajstić information content (AvgIpc) is 2.80. The molecule has 5 heteroatoms. The molecule has 1 aliphatic heterocycles. The first-order valence-corrected chi connectivity index (χ1v) is 7.92. The van der Waals surface area contributed by atoms with Crippen LogP contribution in [0.3, 0.4) is 0 Å². The first-order valence-electron chi connectivity index (χ1n) is 7.92. The van der Waals surface area contributed by atoms with Gasteiger partial charge in [0.05, 0.1) is 0 Å². The van der Waals surface area contributed by atoms with E-state index in [0.717, 1.165) is 16.7 Å². The van der Waals surface area contributed by atoms with Crippen LogP contribution in [-0.4, -0.2) is 34.7 Å². The molecule has 124 valence electrons. The molecule has 0 radical (unpaired) electrons. The quantitative estimate of drug-likeness (QED) is 0.942. The van der Waals surface area contributed by atoms with Gasteiger partial charge in [-0.15, -0.1) is 0 Å². The summed E-state index contributed by atoms with van der Waals surface area (Å²) in [4.78, 5) is 25.4. The summed E-state index contributed by atoms with van der Waals surface area (Å²) in [5.74, 6) is -1.01. The van der Waals surface area contributed by atoms with Gasteiger partial charge in [-0.05, 0) is 23.1 Å². The second-order valence-electron chi connectivity index (χ2n) is 5.81. The number of aliphatic carboxylic acids is 1. The van der Waals surface area contributed by atoms with E-state index in [1.807, 2.05) is 54.6 Å². The monoisotopic (exact) mass is 325 g/mol. The Bertz CT molecular complexity index is 729. The highest BCUT2D eigenvalue weighted by atomic mass is 16.6. The fraction of sp³-hybridized carbons (Fsp3) is 0.263. The highest BCUT2D eigenvalue weighted by Gasteiger charge is 2.33. The highest BCUT2D eigenvalue weighted by molar-refractivity contribution is 5.80. The molecule has 0 aromatic heterocycles. The summed E-state index contributed by atoms with van der Waals surface area (Å²) in [5.41, 5.74) is 2.93. The maximum absolute atomic E-state index is 12.4. The molecule has 0 bridgehead atoms. The Hall–Kier alpha value is -2.82. The Labute approximate surface area is 140 Å². The van der Waals surface area contributed by atoms with Crippen LogP contribution in [0.2, 0.25) is 0 Å². The Balaban J connectivity index is 1.73. The molecule has 0 aliphatic carbocycles. The molecule has 1 unspecified atom stereocenters. The third-order valence-electron chi connectivity index (χ3n) is 4.25. The number of hydrogen-bond acceptors (Lipinski definition) is 3. The molecular formula is C19H19NO4. The predicted octanol–water partition coefficient (Wildman–Crippen LogP) is 2.88. The van der Waals surface area contributed by atoms with E-state index in [1.54, 1.807) is 0 Å². The van der Waals surface area contributed by atoms with Crippen LogP contribution in [-0.2, 0) is 29.0 Å². The van der Waals surface area contributed by atoms with Crippen molar-refractivity contribution < 1.29 is 19.4 Å². The lowest BCUT2D eigenvalue weighted by atomic mass is 10.0. The topological polar surface area (TPSA) is 66.8 Å². The molecule has 0 saturated carbocycles. The molecule has 0 saturated heterocycles. The third-order valence-corrected chi connectivity index (χ3v) is 4.25. The van der Waals surface area contributed by atoms with E-state index in [-0.39, 0.29) is 6.61 Å². The van der Waals surface area contributed by atoms with Gasteiger partial charge in [0.1, 0.15) is 12.6 Å². The summed E-state index contributed by atoms with van der Waals surface area (Å²) >= 11 is 0. The fourth-order valence-corrected chi connectivity index (χ4v) is 2.96. The number of carbonyl (C=O) groups is 2. The van der Waals surface area contributed by atoms with Gasteiger partial charge in [0.15, 0.2) is 0 Å². The molecule has 2 aromatic rings. The number of fused-ring (bicyclic) bond motifs is 1. The van der Waals surface area contributed by atoms with E-state index in [1.165, 1.54) is 4.90 Å². The first kappa shape index (κ1) is 16.1. The van der Waals surface area contributed by atoms with Crippen LogP contribution in [0.25, 0.3) is 0 Å². The smallest absolute Gasteiger partial charge is 0.410 e. The maximum atomic E-state index is 12.4. The van der Waals surface area contributed by atoms with E-state index < -0.39 is 18.1 Å². The van der Waals surface area contributed by atoms with Gasteiger partial charge in [-0.2, -0.15) is 0 Å². The summed E-state index contributed by atoms with van der Waals surface area (Å²) in [6.45, 7) is 0.469. The van der Waals surface area contributed by atoms with Crippen molar-refractivity contribution in [2.45, 2.75) is 25.5 Å². The van der Waals surface area contributed by atoms with Crippen LogP contribution in [0, 0.1) is 0 Å². The number of carboxylic acid groups (broad SMARTS) is 1. The lowest BCUT2D eigenvalue weighted by Gasteiger charge is -2.26. The zero-order chi connectivity index (χ0) is 16.9. The van der Waals surface area contributed by atoms with Crippen molar-refractivity contribution in [3.63, 3.8) is 0 Å². The molecule has 3 rings (SSSR count). The van der Waals surface area contributed by atoms with E-state index in [2.05, 4.69) is 0 Å². The molecule has 1 amide bonds. The number of carbonyl (C=O) groups excluding carboxylic acids is 1. The molecule has 0 fully saturated rings. The number of carboxylic acids is 1. The zero-order valence-electron chi connectivity index (χ0n) is 13.2. The molecule has 1 aliphatic rings. The number of nitrogens with zero attached hydrogens (tertiary/aromatic N) is 1. The van der Waals surface area contributed by atoms with Crippen molar-refractivity contribution in [3.05, 3.63) is 71.3 Å². The molecule has 0 spiro atoms. The Kier molecular flexibility index (Phi) is 4.79. The van der Waals surface area contributed by atoms with Crippen LogP contribution in [0.15, 0.2) is 54.6 Å². The summed E-state index contributed by atoms with van der Waals surface area (Å²) in [6.07, 6.45) is 0.339. The molecular weight excluding hydrogens is 306 g/mol. The van der Waals surface area contributed by atoms with E-state index in [0.29, 0.717) is 19.4 Å². The maximum Gasteiger partial charge on any atom is 0.410 e. The minimum atomic E-state index is -1.01. The molecule has 5 nitrogen and oxygen atoms in total. The summed E-state index contributed by atoms with van der Waals surface area (Å²) in [6, 6.07) is 16.2. The highest BCUT2D eigenvalue weighted by Crippen LogP contribution is 2.21. The molecule has 24 heavy (non-hydrogen) atoms. The van der Waals surface area contributed by atoms with Gasteiger partial charge in [-0.25, -0.2) is 9.59 Å². The average molecular weight is 325 g/mol. The molecule has 1 N–H and O–H groups in total. The van der Waals surface area contributed by atoms with Crippen LogP contribution in [0.1, 0.15) is 16.7 Å². The van der Waals surface area contributed by atoms with Gasteiger partial charge in [-0.1, -0.05) is 54.6 Å². The van der Waals surface area contributed by atoms with Crippen molar-refractivity contribution in [1.82, 2.24) is 4.90 Å². The van der Waals surface area contributed by atoms with Crippen LogP contribution in [0.5, 0.6) is 0 Å². The number of hydrogen-bond donors (Lipinski definition) is 1. The first-order chi connectivity index (χ1) is 11.6. The van der Waals surface area contributed by atoms with Crippen LogP contribution in [0.4, 0.5) is 4.79 Å². The number of ether oxygens (including phenoxy) is 1. The van der Waals surface area contributed by atoms with Crippen molar-refractivity contribution in [1.29, 1.82) is 0 Å². The van der Waals surface area contributed by atoms with Crippen LogP contribution < -0.4 is 0 Å². The predicted molar refractivity (Wildman–Crippen MR) is 88.6 cm³/mol. The van der Waals surface area contributed by atoms with Gasteiger partial charge in [-0.3, -0.25) is 4.90 Å². The lowest BCUT2D eigenvalue weighted by Crippen LogP contribution is -2.46. The van der Waals surface area contributed by atoms with Crippen molar-refractivity contribution in [3.8, 4) is 0 Å². The fourth-order valence-electron chi connectivity index (χ4n) is 2.96. The third kappa shape index (κ3) is 3.56. The van der Waals surface area contributed by atoms with Gasteiger partial charge >= 0.3 is 12.1 Å². The van der Waals surface area contributed by atoms with Gasteiger partial charge in [0.25, 0.3) is 0 Å². The normalized spacial score (nSPS) is 16.8. The minimum Gasteiger partial charge on any atom is -0.480 e. The van der Waals surface area contributed by atoms with E-state index in [9.17, 15) is 14.7 Å². The zero-order valence-corrected chi connectivity index (χ0v) is 13.2. The van der Waals surface area contributed by atoms with Gasteiger partial charge in [0.2, 0.25) is 0 Å². The van der Waals surface area contributed by atoms with E-state index >= 15 is 0 Å². The number of benzene rings is 2. The summed E-state index contributed by atoms with van der Waals surface area (Å²) < 4.78 is 5.33. The largest absolute Gasteiger partial charge is 0.480 e.